The summed E-state index contributed by atoms with van der Waals surface area (Å²) in [5.41, 5.74) is 31.4. The smallest absolute Gasteiger partial charge is 0.0529 e. The highest BCUT2D eigenvalue weighted by molar-refractivity contribution is 5.92. The Balaban J connectivity index is 0.958. The fraction of sp³-hybridized carbons (Fsp3) is 0.104. The predicted octanol–water partition coefficient (Wildman–Crippen LogP) is 16.0. The lowest BCUT2D eigenvalue weighted by Crippen LogP contribution is -2.20. The average Bonchev–Trinajstić information content (AvgIpc) is 3.50. The first-order valence-corrected chi connectivity index (χ1v) is 24.7. The van der Waals surface area contributed by atoms with E-state index in [4.69, 9.17) is 5.73 Å². The molecule has 4 nitrogen and oxygen atoms in total. The first kappa shape index (κ1) is 46.4. The first-order valence-electron chi connectivity index (χ1n) is 24.7. The largest absolute Gasteiger partial charge is 0.381 e. The Morgan fingerprint density at radius 1 is 0.648 bits per heavy atom. The quantitative estimate of drug-likeness (QED) is 0.0470. The fourth-order valence-electron chi connectivity index (χ4n) is 10.5. The van der Waals surface area contributed by atoms with Gasteiger partial charge in [0.05, 0.1) is 5.69 Å². The highest BCUT2D eigenvalue weighted by Crippen LogP contribution is 2.42. The zero-order chi connectivity index (χ0) is 48.5. The van der Waals surface area contributed by atoms with Gasteiger partial charge in [-0.2, -0.15) is 0 Å². The summed E-state index contributed by atoms with van der Waals surface area (Å²) in [6.07, 6.45) is 25.7. The van der Waals surface area contributed by atoms with Gasteiger partial charge in [0.15, 0.2) is 0 Å². The van der Waals surface area contributed by atoms with Crippen molar-refractivity contribution < 1.29 is 0 Å². The van der Waals surface area contributed by atoms with E-state index in [1.807, 2.05) is 19.2 Å². The van der Waals surface area contributed by atoms with Crippen molar-refractivity contribution in [2.75, 3.05) is 17.8 Å². The summed E-state index contributed by atoms with van der Waals surface area (Å²) in [7, 11) is 1.91. The van der Waals surface area contributed by atoms with Crippen molar-refractivity contribution in [1.29, 1.82) is 0 Å². The van der Waals surface area contributed by atoms with Gasteiger partial charge in [0, 0.05) is 37.2 Å². The van der Waals surface area contributed by atoms with Crippen molar-refractivity contribution in [1.82, 2.24) is 5.43 Å². The number of hydrogen-bond acceptors (Lipinski definition) is 4. The molecule has 0 aromatic heterocycles. The Bertz CT molecular complexity index is 3470. The minimum Gasteiger partial charge on any atom is -0.381 e. The number of benzene rings is 8. The van der Waals surface area contributed by atoms with Crippen LogP contribution in [0.5, 0.6) is 0 Å². The standard InChI is InChI=1S/C67H60N4/c1-4-5-18-51(37-34-47-35-41-59-53(43-47)39-38-50-20-7-9-26-57(50)59)67(68)63-30-13-14-31-64(63)70-45-55-40-42-61(60-28-11-10-27-58(55)60)66(62-29-12-15-32-65(62)71-69-3)54-24-17-23-52(44-54)48-21-16-22-49-19-6-8-25-56(49)46(2)33-36-48/h4-34,36-40,42-44,51,66-67,69-71H,1-2,35,41,45,68H2,3H3/b18-5-,22-16-,36-33-,37-34?,48-21+. The lowest BCUT2D eigenvalue weighted by atomic mass is 9.80. The number of hydrogen-bond donors (Lipinski definition) is 4. The van der Waals surface area contributed by atoms with Crippen molar-refractivity contribution in [2.24, 2.45) is 11.7 Å². The van der Waals surface area contributed by atoms with Gasteiger partial charge in [0.2, 0.25) is 0 Å². The summed E-state index contributed by atoms with van der Waals surface area (Å²) < 4.78 is 0. The number of aryl methyl sites for hydroxylation is 1. The molecule has 2 aliphatic rings. The van der Waals surface area contributed by atoms with Crippen LogP contribution in [0.25, 0.3) is 44.8 Å². The number of para-hydroxylation sites is 2. The number of anilines is 2. The van der Waals surface area contributed by atoms with Crippen LogP contribution < -0.4 is 21.9 Å². The van der Waals surface area contributed by atoms with E-state index >= 15 is 0 Å². The van der Waals surface area contributed by atoms with Crippen LogP contribution in [0.4, 0.5) is 11.4 Å². The van der Waals surface area contributed by atoms with Crippen molar-refractivity contribution in [3.8, 4) is 0 Å². The summed E-state index contributed by atoms with van der Waals surface area (Å²) in [5, 5.41) is 8.91. The number of fused-ring (bicyclic) bond motifs is 5. The monoisotopic (exact) mass is 920 g/mol. The molecule has 8 aromatic rings. The van der Waals surface area contributed by atoms with Crippen molar-refractivity contribution in [2.45, 2.75) is 31.3 Å². The molecule has 0 aliphatic heterocycles. The summed E-state index contributed by atoms with van der Waals surface area (Å²) in [4.78, 5) is 0. The molecule has 0 bridgehead atoms. The molecule has 5 N–H and O–H groups in total. The Labute approximate surface area is 419 Å². The van der Waals surface area contributed by atoms with Crippen LogP contribution >= 0.6 is 0 Å². The Hall–Kier alpha value is -8.28. The third kappa shape index (κ3) is 10.1. The molecule has 10 rings (SSSR count). The van der Waals surface area contributed by atoms with Gasteiger partial charge in [-0.15, -0.1) is 0 Å². The second-order valence-electron chi connectivity index (χ2n) is 18.4. The maximum atomic E-state index is 7.28. The average molecular weight is 921 g/mol. The normalized spacial score (nSPS) is 16.4. The molecule has 0 heterocycles. The highest BCUT2D eigenvalue weighted by Gasteiger charge is 2.24. The van der Waals surface area contributed by atoms with Crippen molar-refractivity contribution >= 4 is 56.2 Å². The van der Waals surface area contributed by atoms with E-state index in [-0.39, 0.29) is 17.9 Å². The van der Waals surface area contributed by atoms with E-state index in [0.29, 0.717) is 6.54 Å². The van der Waals surface area contributed by atoms with Crippen molar-refractivity contribution in [3.63, 3.8) is 0 Å². The molecule has 0 fully saturated rings. The Morgan fingerprint density at radius 2 is 1.41 bits per heavy atom. The van der Waals surface area contributed by atoms with E-state index in [2.05, 4.69) is 254 Å². The van der Waals surface area contributed by atoms with Crippen LogP contribution in [0.15, 0.2) is 243 Å². The summed E-state index contributed by atoms with van der Waals surface area (Å²) in [6.45, 7) is 9.03. The predicted molar refractivity (Wildman–Crippen MR) is 305 cm³/mol. The molecule has 3 atom stereocenters. The van der Waals surface area contributed by atoms with Gasteiger partial charge >= 0.3 is 0 Å². The van der Waals surface area contributed by atoms with Gasteiger partial charge < -0.3 is 16.5 Å². The molecule has 3 unspecified atom stereocenters. The molecule has 8 aromatic carbocycles. The van der Waals surface area contributed by atoms with E-state index in [1.165, 1.54) is 60.5 Å². The van der Waals surface area contributed by atoms with E-state index < -0.39 is 0 Å². The van der Waals surface area contributed by atoms with Crippen LogP contribution in [-0.2, 0) is 13.0 Å². The van der Waals surface area contributed by atoms with E-state index in [1.54, 1.807) is 0 Å². The maximum Gasteiger partial charge on any atom is 0.0529 e. The molecule has 71 heavy (non-hydrogen) atoms. The molecule has 0 amide bonds. The van der Waals surface area contributed by atoms with Gasteiger partial charge in [-0.3, -0.25) is 0 Å². The third-order valence-corrected chi connectivity index (χ3v) is 14.1. The van der Waals surface area contributed by atoms with Crippen molar-refractivity contribution in [3.05, 3.63) is 299 Å². The second kappa shape index (κ2) is 21.6. The SMILES string of the molecule is C=C/C=C\C(C=CC1=Cc2ccc3ccccc3c2CC1)C(N)c1ccccc1NCc1ccc(C(c2cccc(C3=C/C=C\c4ccccc4C(=C)/C=C\3)c2)c2ccccc2NNC)c2ccccc12. The topological polar surface area (TPSA) is 62.1 Å². The number of hydrazine groups is 1. The summed E-state index contributed by atoms with van der Waals surface area (Å²) >= 11 is 0. The highest BCUT2D eigenvalue weighted by atomic mass is 15.3. The lowest BCUT2D eigenvalue weighted by Gasteiger charge is -2.25. The minimum atomic E-state index is -0.294. The van der Waals surface area contributed by atoms with Gasteiger partial charge in [0.1, 0.15) is 0 Å². The number of nitrogens with one attached hydrogen (secondary N) is 3. The molecule has 0 saturated heterocycles. The van der Waals surface area contributed by atoms with Crippen LogP contribution in [0.1, 0.15) is 74.0 Å². The third-order valence-electron chi connectivity index (χ3n) is 14.1. The lowest BCUT2D eigenvalue weighted by molar-refractivity contribution is 0.618. The molecule has 0 saturated carbocycles. The number of allylic oxidation sites excluding steroid dienone is 10. The molecular weight excluding hydrogens is 861 g/mol. The Kier molecular flexibility index (Phi) is 14.1. The van der Waals surface area contributed by atoms with E-state index in [9.17, 15) is 0 Å². The van der Waals surface area contributed by atoms with Crippen LogP contribution in [-0.4, -0.2) is 7.05 Å². The van der Waals surface area contributed by atoms with Crippen LogP contribution in [0.2, 0.25) is 0 Å². The number of rotatable bonds is 15. The zero-order valence-corrected chi connectivity index (χ0v) is 40.4. The molecular formula is C67H60N4. The van der Waals surface area contributed by atoms with Gasteiger partial charge in [-0.25, -0.2) is 5.43 Å². The fourth-order valence-corrected chi connectivity index (χ4v) is 10.5. The maximum absolute atomic E-state index is 7.28. The van der Waals surface area contributed by atoms with Gasteiger partial charge in [0.25, 0.3) is 0 Å². The van der Waals surface area contributed by atoms with E-state index in [0.717, 1.165) is 57.6 Å². The first-order chi connectivity index (χ1) is 35.0. The van der Waals surface area contributed by atoms with Crippen LogP contribution in [0.3, 0.4) is 0 Å². The Morgan fingerprint density at radius 3 is 2.27 bits per heavy atom. The minimum absolute atomic E-state index is 0.0531. The molecule has 0 radical (unpaired) electrons. The molecule has 4 heteroatoms. The summed E-state index contributed by atoms with van der Waals surface area (Å²) in [6, 6.07) is 60.8. The van der Waals surface area contributed by atoms with Gasteiger partial charge in [-0.05, 0) is 119 Å². The molecule has 348 valence electrons. The van der Waals surface area contributed by atoms with Gasteiger partial charge in [-0.1, -0.05) is 238 Å². The molecule has 0 spiro atoms. The van der Waals surface area contributed by atoms with Crippen LogP contribution in [0, 0.1) is 5.92 Å². The second-order valence-corrected chi connectivity index (χ2v) is 18.4. The zero-order valence-electron chi connectivity index (χ0n) is 40.4. The molecule has 2 aliphatic carbocycles. The summed E-state index contributed by atoms with van der Waals surface area (Å²) in [5.74, 6) is -0.150. The number of nitrogens with two attached hydrogens (primary N) is 1.